The first-order valence-electron chi connectivity index (χ1n) is 5.76. The number of fused-ring (bicyclic) bond motifs is 1. The SMILES string of the molecule is Nc1cc(I)ccc1N1CCc2ccc(F)cc21. The van der Waals surface area contributed by atoms with Crippen LogP contribution in [0.15, 0.2) is 36.4 Å². The zero-order chi connectivity index (χ0) is 12.7. The van der Waals surface area contributed by atoms with Gasteiger partial charge in [-0.15, -0.1) is 0 Å². The van der Waals surface area contributed by atoms with Gasteiger partial charge in [0.1, 0.15) is 5.82 Å². The van der Waals surface area contributed by atoms with Crippen LogP contribution in [0, 0.1) is 9.39 Å². The van der Waals surface area contributed by atoms with E-state index in [1.165, 1.54) is 11.6 Å². The van der Waals surface area contributed by atoms with Crippen LogP contribution in [0.5, 0.6) is 0 Å². The van der Waals surface area contributed by atoms with Gasteiger partial charge >= 0.3 is 0 Å². The zero-order valence-electron chi connectivity index (χ0n) is 9.66. The Kier molecular flexibility index (Phi) is 2.89. The second-order valence-electron chi connectivity index (χ2n) is 4.38. The summed E-state index contributed by atoms with van der Waals surface area (Å²) in [5.74, 6) is -0.204. The van der Waals surface area contributed by atoms with Crippen molar-refractivity contribution in [1.82, 2.24) is 0 Å². The second-order valence-corrected chi connectivity index (χ2v) is 5.62. The third-order valence-corrected chi connectivity index (χ3v) is 3.89. The Hall–Kier alpha value is -1.30. The lowest BCUT2D eigenvalue weighted by molar-refractivity contribution is 0.628. The van der Waals surface area contributed by atoms with Crippen molar-refractivity contribution in [2.24, 2.45) is 0 Å². The van der Waals surface area contributed by atoms with Gasteiger partial charge in [0.05, 0.1) is 11.4 Å². The average molecular weight is 354 g/mol. The number of nitrogen functional groups attached to an aromatic ring is 1. The van der Waals surface area contributed by atoms with Crippen molar-refractivity contribution in [3.63, 3.8) is 0 Å². The van der Waals surface area contributed by atoms with E-state index in [0.29, 0.717) is 0 Å². The molecule has 92 valence electrons. The zero-order valence-corrected chi connectivity index (χ0v) is 11.8. The van der Waals surface area contributed by atoms with Crippen LogP contribution < -0.4 is 10.6 Å². The molecule has 18 heavy (non-hydrogen) atoms. The molecule has 0 bridgehead atoms. The second kappa shape index (κ2) is 4.42. The molecule has 3 rings (SSSR count). The summed E-state index contributed by atoms with van der Waals surface area (Å²) in [4.78, 5) is 2.09. The highest BCUT2D eigenvalue weighted by Crippen LogP contribution is 2.38. The molecule has 0 saturated heterocycles. The van der Waals surface area contributed by atoms with Crippen LogP contribution in [0.2, 0.25) is 0 Å². The Morgan fingerprint density at radius 1 is 1.11 bits per heavy atom. The molecule has 2 nitrogen and oxygen atoms in total. The summed E-state index contributed by atoms with van der Waals surface area (Å²) in [7, 11) is 0. The maximum absolute atomic E-state index is 13.4. The Bertz CT molecular complexity index is 613. The van der Waals surface area contributed by atoms with E-state index in [0.717, 1.165) is 33.6 Å². The van der Waals surface area contributed by atoms with Crippen molar-refractivity contribution in [3.8, 4) is 0 Å². The molecule has 0 radical (unpaired) electrons. The Balaban J connectivity index is 2.08. The van der Waals surface area contributed by atoms with Crippen molar-refractivity contribution in [1.29, 1.82) is 0 Å². The quantitative estimate of drug-likeness (QED) is 0.625. The fourth-order valence-electron chi connectivity index (χ4n) is 2.37. The minimum Gasteiger partial charge on any atom is -0.397 e. The van der Waals surface area contributed by atoms with Gasteiger partial charge in [-0.05, 0) is 64.9 Å². The van der Waals surface area contributed by atoms with Crippen LogP contribution in [-0.4, -0.2) is 6.54 Å². The minimum absolute atomic E-state index is 0.204. The largest absolute Gasteiger partial charge is 0.397 e. The lowest BCUT2D eigenvalue weighted by Crippen LogP contribution is -2.15. The molecule has 0 aromatic heterocycles. The van der Waals surface area contributed by atoms with Crippen LogP contribution in [0.25, 0.3) is 0 Å². The molecule has 1 aliphatic rings. The van der Waals surface area contributed by atoms with Gasteiger partial charge in [0.15, 0.2) is 0 Å². The van der Waals surface area contributed by atoms with E-state index < -0.39 is 0 Å². The first-order chi connectivity index (χ1) is 8.65. The standard InChI is InChI=1S/C14H12FIN2/c15-10-2-1-9-5-6-18(14(9)7-10)13-4-3-11(16)8-12(13)17/h1-4,7-8H,5-6,17H2. The van der Waals surface area contributed by atoms with E-state index in [-0.39, 0.29) is 5.82 Å². The summed E-state index contributed by atoms with van der Waals surface area (Å²) in [5, 5.41) is 0. The van der Waals surface area contributed by atoms with Gasteiger partial charge in [-0.2, -0.15) is 0 Å². The van der Waals surface area contributed by atoms with Gasteiger partial charge in [-0.3, -0.25) is 0 Å². The molecule has 2 aromatic carbocycles. The third-order valence-electron chi connectivity index (χ3n) is 3.22. The molecular formula is C14H12FIN2. The third kappa shape index (κ3) is 1.94. The molecule has 1 heterocycles. The van der Waals surface area contributed by atoms with Crippen molar-refractivity contribution in [3.05, 3.63) is 51.3 Å². The fourth-order valence-corrected chi connectivity index (χ4v) is 2.89. The molecule has 4 heteroatoms. The monoisotopic (exact) mass is 354 g/mol. The molecular weight excluding hydrogens is 342 g/mol. The highest BCUT2D eigenvalue weighted by Gasteiger charge is 2.22. The maximum Gasteiger partial charge on any atom is 0.125 e. The number of nitrogens with zero attached hydrogens (tertiary/aromatic N) is 1. The number of hydrogen-bond donors (Lipinski definition) is 1. The van der Waals surface area contributed by atoms with Crippen LogP contribution in [-0.2, 0) is 6.42 Å². The number of hydrogen-bond acceptors (Lipinski definition) is 2. The molecule has 0 spiro atoms. The Labute approximate surface area is 119 Å². The maximum atomic E-state index is 13.4. The van der Waals surface area contributed by atoms with E-state index in [1.807, 2.05) is 24.3 Å². The average Bonchev–Trinajstić information content (AvgIpc) is 2.72. The molecule has 1 aliphatic heterocycles. The van der Waals surface area contributed by atoms with E-state index in [1.54, 1.807) is 6.07 Å². The van der Waals surface area contributed by atoms with Gasteiger partial charge in [-0.1, -0.05) is 6.07 Å². The molecule has 0 fully saturated rings. The van der Waals surface area contributed by atoms with Gasteiger partial charge in [-0.25, -0.2) is 4.39 Å². The molecule has 0 amide bonds. The minimum atomic E-state index is -0.204. The Morgan fingerprint density at radius 3 is 2.72 bits per heavy atom. The predicted molar refractivity (Wildman–Crippen MR) is 80.7 cm³/mol. The van der Waals surface area contributed by atoms with E-state index in [2.05, 4.69) is 27.5 Å². The van der Waals surface area contributed by atoms with E-state index >= 15 is 0 Å². The van der Waals surface area contributed by atoms with Gasteiger partial charge in [0, 0.05) is 15.8 Å². The summed E-state index contributed by atoms with van der Waals surface area (Å²) in [6.07, 6.45) is 0.932. The number of rotatable bonds is 1. The Morgan fingerprint density at radius 2 is 1.94 bits per heavy atom. The van der Waals surface area contributed by atoms with Crippen LogP contribution in [0.1, 0.15) is 5.56 Å². The highest BCUT2D eigenvalue weighted by atomic mass is 127. The molecule has 0 atom stereocenters. The highest BCUT2D eigenvalue weighted by molar-refractivity contribution is 14.1. The number of benzene rings is 2. The van der Waals surface area contributed by atoms with Crippen LogP contribution in [0.4, 0.5) is 21.5 Å². The summed E-state index contributed by atoms with van der Waals surface area (Å²) < 4.78 is 14.5. The lowest BCUT2D eigenvalue weighted by Gasteiger charge is -2.21. The van der Waals surface area contributed by atoms with Gasteiger partial charge < -0.3 is 10.6 Å². The topological polar surface area (TPSA) is 29.3 Å². The summed E-state index contributed by atoms with van der Waals surface area (Å²) >= 11 is 2.23. The molecule has 2 N–H and O–H groups in total. The van der Waals surface area contributed by atoms with E-state index in [4.69, 9.17) is 5.73 Å². The fraction of sp³-hybridized carbons (Fsp3) is 0.143. The smallest absolute Gasteiger partial charge is 0.125 e. The van der Waals surface area contributed by atoms with Crippen molar-refractivity contribution in [2.75, 3.05) is 17.2 Å². The van der Waals surface area contributed by atoms with Crippen LogP contribution in [0.3, 0.4) is 0 Å². The number of nitrogens with two attached hydrogens (primary N) is 1. The predicted octanol–water partition coefficient (Wildman–Crippen LogP) is 3.71. The van der Waals surface area contributed by atoms with Crippen LogP contribution >= 0.6 is 22.6 Å². The summed E-state index contributed by atoms with van der Waals surface area (Å²) in [6.45, 7) is 0.851. The van der Waals surface area contributed by atoms with E-state index in [9.17, 15) is 4.39 Å². The van der Waals surface area contributed by atoms with Crippen molar-refractivity contribution in [2.45, 2.75) is 6.42 Å². The number of halogens is 2. The van der Waals surface area contributed by atoms with Crippen molar-refractivity contribution >= 4 is 39.7 Å². The summed E-state index contributed by atoms with van der Waals surface area (Å²) in [6, 6.07) is 10.9. The molecule has 2 aromatic rings. The van der Waals surface area contributed by atoms with Gasteiger partial charge in [0.25, 0.3) is 0 Å². The lowest BCUT2D eigenvalue weighted by atomic mass is 10.1. The summed E-state index contributed by atoms with van der Waals surface area (Å²) in [5.41, 5.74) is 9.86. The van der Waals surface area contributed by atoms with Crippen molar-refractivity contribution < 1.29 is 4.39 Å². The molecule has 0 aliphatic carbocycles. The first kappa shape index (κ1) is 11.8. The van der Waals surface area contributed by atoms with Gasteiger partial charge in [0.2, 0.25) is 0 Å². The molecule has 0 unspecified atom stereocenters. The first-order valence-corrected chi connectivity index (χ1v) is 6.84. The number of anilines is 3. The normalized spacial score (nSPS) is 13.8. The molecule has 0 saturated carbocycles.